The van der Waals surface area contributed by atoms with Gasteiger partial charge in [0.2, 0.25) is 0 Å². The van der Waals surface area contributed by atoms with E-state index >= 15 is 0 Å². The van der Waals surface area contributed by atoms with E-state index in [-0.39, 0.29) is 5.82 Å². The Hall–Kier alpha value is -2.09. The van der Waals surface area contributed by atoms with Gasteiger partial charge in [0.25, 0.3) is 10.0 Å². The fourth-order valence-electron chi connectivity index (χ4n) is 1.23. The monoisotopic (exact) mass is 271 g/mol. The summed E-state index contributed by atoms with van der Waals surface area (Å²) in [6.07, 6.45) is 2.44. The van der Waals surface area contributed by atoms with Gasteiger partial charge in [-0.15, -0.1) is 0 Å². The highest BCUT2D eigenvalue weighted by Crippen LogP contribution is 2.18. The van der Waals surface area contributed by atoms with Gasteiger partial charge in [-0.05, 0) is 24.3 Å². The minimum atomic E-state index is -4.22. The second-order valence-corrected chi connectivity index (χ2v) is 4.93. The van der Waals surface area contributed by atoms with E-state index < -0.39 is 26.6 Å². The summed E-state index contributed by atoms with van der Waals surface area (Å²) >= 11 is 0. The second-order valence-electron chi connectivity index (χ2n) is 3.27. The molecule has 0 bridgehead atoms. The Kier molecular flexibility index (Phi) is 3.19. The fraction of sp³-hybridized carbons (Fsp3) is 0. The summed E-state index contributed by atoms with van der Waals surface area (Å²) in [5.74, 6) is -1.92. The first-order valence-electron chi connectivity index (χ1n) is 4.73. The van der Waals surface area contributed by atoms with E-state index in [0.29, 0.717) is 6.07 Å². The molecular weight excluding hydrogens is 264 g/mol. The lowest BCUT2D eigenvalue weighted by molar-refractivity contribution is 0.555. The average Bonchev–Trinajstić information content (AvgIpc) is 2.33. The van der Waals surface area contributed by atoms with Gasteiger partial charge < -0.3 is 0 Å². The number of sulfonamides is 1. The van der Waals surface area contributed by atoms with Gasteiger partial charge in [0.15, 0.2) is 0 Å². The first-order valence-corrected chi connectivity index (χ1v) is 6.21. The van der Waals surface area contributed by atoms with Crippen LogP contribution in [0.3, 0.4) is 0 Å². The van der Waals surface area contributed by atoms with Crippen LogP contribution in [0.15, 0.2) is 41.7 Å². The number of halogens is 2. The number of benzene rings is 1. The molecule has 5 nitrogen and oxygen atoms in total. The van der Waals surface area contributed by atoms with Gasteiger partial charge in [-0.1, -0.05) is 0 Å². The molecule has 0 aliphatic rings. The molecule has 0 amide bonds. The van der Waals surface area contributed by atoms with Crippen molar-refractivity contribution in [2.75, 3.05) is 4.72 Å². The van der Waals surface area contributed by atoms with Crippen molar-refractivity contribution in [1.82, 2.24) is 9.97 Å². The summed E-state index contributed by atoms with van der Waals surface area (Å²) in [7, 11) is -4.22. The molecule has 0 saturated carbocycles. The van der Waals surface area contributed by atoms with E-state index in [1.165, 1.54) is 12.3 Å². The SMILES string of the molecule is O=S(=O)(Nc1ccncn1)c1cc(F)ccc1F. The predicted octanol–water partition coefficient (Wildman–Crippen LogP) is 1.56. The van der Waals surface area contributed by atoms with Crippen molar-refractivity contribution >= 4 is 15.8 Å². The standard InChI is InChI=1S/C10H7F2N3O2S/c11-7-1-2-8(12)9(5-7)18(16,17)15-10-3-4-13-6-14-10/h1-6H,(H,13,14,15). The second kappa shape index (κ2) is 4.65. The molecule has 0 saturated heterocycles. The van der Waals surface area contributed by atoms with Gasteiger partial charge in [-0.25, -0.2) is 27.2 Å². The van der Waals surface area contributed by atoms with Crippen LogP contribution in [0.1, 0.15) is 0 Å². The Morgan fingerprint density at radius 1 is 1.17 bits per heavy atom. The molecule has 94 valence electrons. The van der Waals surface area contributed by atoms with Crippen LogP contribution in [-0.2, 0) is 10.0 Å². The maximum absolute atomic E-state index is 13.3. The van der Waals surface area contributed by atoms with Crippen molar-refractivity contribution in [2.45, 2.75) is 4.90 Å². The third-order valence-corrected chi connectivity index (χ3v) is 3.37. The van der Waals surface area contributed by atoms with Gasteiger partial charge in [0.1, 0.15) is 28.7 Å². The number of nitrogens with one attached hydrogen (secondary N) is 1. The highest BCUT2D eigenvalue weighted by Gasteiger charge is 2.20. The van der Waals surface area contributed by atoms with Crippen LogP contribution in [-0.4, -0.2) is 18.4 Å². The molecule has 1 N–H and O–H groups in total. The summed E-state index contributed by atoms with van der Waals surface area (Å²) < 4.78 is 51.9. The Balaban J connectivity index is 2.40. The molecule has 0 aliphatic heterocycles. The Morgan fingerprint density at radius 3 is 2.61 bits per heavy atom. The van der Waals surface area contributed by atoms with Crippen molar-refractivity contribution in [1.29, 1.82) is 0 Å². The predicted molar refractivity (Wildman–Crippen MR) is 59.2 cm³/mol. The van der Waals surface area contributed by atoms with Crippen LogP contribution < -0.4 is 4.72 Å². The largest absolute Gasteiger partial charge is 0.266 e. The summed E-state index contributed by atoms with van der Waals surface area (Å²) in [6, 6.07) is 3.45. The molecule has 0 unspecified atom stereocenters. The Labute approximate surface area is 102 Å². The average molecular weight is 271 g/mol. The lowest BCUT2D eigenvalue weighted by Gasteiger charge is -2.07. The molecule has 0 fully saturated rings. The van der Waals surface area contributed by atoms with E-state index in [4.69, 9.17) is 0 Å². The Bertz CT molecular complexity index is 662. The maximum Gasteiger partial charge on any atom is 0.266 e. The highest BCUT2D eigenvalue weighted by molar-refractivity contribution is 7.92. The number of hydrogen-bond donors (Lipinski definition) is 1. The number of nitrogens with zero attached hydrogens (tertiary/aromatic N) is 2. The van der Waals surface area contributed by atoms with Crippen LogP contribution >= 0.6 is 0 Å². The quantitative estimate of drug-likeness (QED) is 0.919. The number of rotatable bonds is 3. The molecule has 8 heteroatoms. The summed E-state index contributed by atoms with van der Waals surface area (Å²) in [6.45, 7) is 0. The van der Waals surface area contributed by atoms with E-state index in [0.717, 1.165) is 18.5 Å². The van der Waals surface area contributed by atoms with Gasteiger partial charge in [0.05, 0.1) is 0 Å². The van der Waals surface area contributed by atoms with E-state index in [9.17, 15) is 17.2 Å². The van der Waals surface area contributed by atoms with Crippen LogP contribution in [0.4, 0.5) is 14.6 Å². The van der Waals surface area contributed by atoms with Crippen molar-refractivity contribution in [3.05, 3.63) is 48.4 Å². The zero-order valence-corrected chi connectivity index (χ0v) is 9.66. The lowest BCUT2D eigenvalue weighted by Crippen LogP contribution is -2.15. The normalized spacial score (nSPS) is 11.2. The summed E-state index contributed by atoms with van der Waals surface area (Å²) in [5, 5.41) is 0. The van der Waals surface area contributed by atoms with Gasteiger partial charge in [-0.3, -0.25) is 4.72 Å². The first kappa shape index (κ1) is 12.4. The van der Waals surface area contributed by atoms with Gasteiger partial charge >= 0.3 is 0 Å². The molecule has 18 heavy (non-hydrogen) atoms. The minimum Gasteiger partial charge on any atom is -0.263 e. The zero-order chi connectivity index (χ0) is 13.2. The minimum absolute atomic E-state index is 0.0336. The number of hydrogen-bond acceptors (Lipinski definition) is 4. The molecule has 1 heterocycles. The molecule has 1 aromatic heterocycles. The first-order chi connectivity index (χ1) is 8.49. The lowest BCUT2D eigenvalue weighted by atomic mass is 10.3. The molecule has 1 aromatic carbocycles. The third-order valence-electron chi connectivity index (χ3n) is 2.00. The third kappa shape index (κ3) is 2.59. The highest BCUT2D eigenvalue weighted by atomic mass is 32.2. The molecule has 0 atom stereocenters. The molecular formula is C10H7F2N3O2S. The molecule has 0 aliphatic carbocycles. The van der Waals surface area contributed by atoms with Crippen molar-refractivity contribution < 1.29 is 17.2 Å². The molecule has 2 aromatic rings. The molecule has 2 rings (SSSR count). The Morgan fingerprint density at radius 2 is 1.94 bits per heavy atom. The van der Waals surface area contributed by atoms with E-state index in [1.807, 2.05) is 4.72 Å². The maximum atomic E-state index is 13.3. The van der Waals surface area contributed by atoms with E-state index in [1.54, 1.807) is 0 Å². The van der Waals surface area contributed by atoms with Crippen molar-refractivity contribution in [2.24, 2.45) is 0 Å². The number of anilines is 1. The smallest absolute Gasteiger partial charge is 0.263 e. The number of aromatic nitrogens is 2. The van der Waals surface area contributed by atoms with Crippen molar-refractivity contribution in [3.8, 4) is 0 Å². The zero-order valence-electron chi connectivity index (χ0n) is 8.84. The van der Waals surface area contributed by atoms with Gasteiger partial charge in [-0.2, -0.15) is 0 Å². The van der Waals surface area contributed by atoms with Crippen molar-refractivity contribution in [3.63, 3.8) is 0 Å². The topological polar surface area (TPSA) is 72.0 Å². The summed E-state index contributed by atoms with van der Waals surface area (Å²) in [5.41, 5.74) is 0. The molecule has 0 spiro atoms. The van der Waals surface area contributed by atoms with Crippen LogP contribution in [0.25, 0.3) is 0 Å². The summed E-state index contributed by atoms with van der Waals surface area (Å²) in [4.78, 5) is 6.45. The fourth-order valence-corrected chi connectivity index (χ4v) is 2.33. The molecule has 0 radical (unpaired) electrons. The van der Waals surface area contributed by atoms with E-state index in [2.05, 4.69) is 9.97 Å². The van der Waals surface area contributed by atoms with Crippen LogP contribution in [0, 0.1) is 11.6 Å². The van der Waals surface area contributed by atoms with Crippen LogP contribution in [0.2, 0.25) is 0 Å². The van der Waals surface area contributed by atoms with Crippen LogP contribution in [0.5, 0.6) is 0 Å². The van der Waals surface area contributed by atoms with Gasteiger partial charge in [0, 0.05) is 6.20 Å².